The number of aryl methyl sites for hydroxylation is 2. The minimum Gasteiger partial charge on any atom is -0.392 e. The Kier molecular flexibility index (Phi) is 4.12. The third-order valence-electron chi connectivity index (χ3n) is 3.00. The van der Waals surface area contributed by atoms with E-state index in [2.05, 4.69) is 14.9 Å². The Morgan fingerprint density at radius 2 is 2.05 bits per heavy atom. The molecule has 0 aliphatic heterocycles. The van der Waals surface area contributed by atoms with E-state index in [9.17, 15) is 0 Å². The van der Waals surface area contributed by atoms with Crippen LogP contribution in [0.25, 0.3) is 0 Å². The number of anilines is 1. The normalized spacial score (nSPS) is 10.5. The van der Waals surface area contributed by atoms with Crippen molar-refractivity contribution in [1.29, 1.82) is 0 Å². The van der Waals surface area contributed by atoms with E-state index in [1.165, 1.54) is 0 Å². The lowest BCUT2D eigenvalue weighted by molar-refractivity contribution is 0.281. The zero-order chi connectivity index (χ0) is 13.8. The third kappa shape index (κ3) is 3.29. The molecule has 2 aromatic rings. The summed E-state index contributed by atoms with van der Waals surface area (Å²) in [7, 11) is 2.00. The van der Waals surface area contributed by atoms with E-state index in [1.807, 2.05) is 45.2 Å². The van der Waals surface area contributed by atoms with Crippen LogP contribution in [0.15, 0.2) is 30.5 Å². The van der Waals surface area contributed by atoms with Gasteiger partial charge in [-0.3, -0.25) is 4.98 Å². The van der Waals surface area contributed by atoms with Crippen molar-refractivity contribution >= 4 is 5.82 Å². The third-order valence-corrected chi connectivity index (χ3v) is 3.00. The fourth-order valence-corrected chi connectivity index (χ4v) is 2.12. The molecule has 2 aromatic heterocycles. The molecule has 0 aliphatic carbocycles. The van der Waals surface area contributed by atoms with Gasteiger partial charge in [-0.05, 0) is 43.2 Å². The fraction of sp³-hybridized carbons (Fsp3) is 0.333. The van der Waals surface area contributed by atoms with Crippen LogP contribution in [0.2, 0.25) is 0 Å². The molecule has 0 saturated heterocycles. The van der Waals surface area contributed by atoms with Crippen molar-refractivity contribution in [1.82, 2.24) is 9.97 Å². The summed E-state index contributed by atoms with van der Waals surface area (Å²) >= 11 is 0. The van der Waals surface area contributed by atoms with Gasteiger partial charge in [-0.1, -0.05) is 6.07 Å². The van der Waals surface area contributed by atoms with Crippen molar-refractivity contribution in [3.05, 3.63) is 53.0 Å². The molecule has 0 fully saturated rings. The van der Waals surface area contributed by atoms with Crippen LogP contribution < -0.4 is 4.90 Å². The summed E-state index contributed by atoms with van der Waals surface area (Å²) in [6, 6.07) is 7.98. The first-order valence-corrected chi connectivity index (χ1v) is 6.30. The van der Waals surface area contributed by atoms with Crippen LogP contribution in [0.5, 0.6) is 0 Å². The fourth-order valence-electron chi connectivity index (χ4n) is 2.12. The maximum atomic E-state index is 9.09. The van der Waals surface area contributed by atoms with Crippen LogP contribution >= 0.6 is 0 Å². The van der Waals surface area contributed by atoms with Crippen molar-refractivity contribution in [3.63, 3.8) is 0 Å². The van der Waals surface area contributed by atoms with Crippen molar-refractivity contribution in [3.8, 4) is 0 Å². The molecule has 2 rings (SSSR count). The van der Waals surface area contributed by atoms with Crippen molar-refractivity contribution in [2.45, 2.75) is 27.0 Å². The van der Waals surface area contributed by atoms with Crippen molar-refractivity contribution in [2.75, 3.05) is 11.9 Å². The minimum atomic E-state index is 0.0251. The van der Waals surface area contributed by atoms with Gasteiger partial charge in [-0.25, -0.2) is 4.98 Å². The Balaban J connectivity index is 2.18. The minimum absolute atomic E-state index is 0.0251. The van der Waals surface area contributed by atoms with Crippen molar-refractivity contribution in [2.24, 2.45) is 0 Å². The number of rotatable bonds is 4. The van der Waals surface area contributed by atoms with Gasteiger partial charge in [0.15, 0.2) is 0 Å². The molecule has 19 heavy (non-hydrogen) atoms. The van der Waals surface area contributed by atoms with Crippen LogP contribution in [0, 0.1) is 13.8 Å². The van der Waals surface area contributed by atoms with E-state index in [-0.39, 0.29) is 6.61 Å². The highest BCUT2D eigenvalue weighted by atomic mass is 16.3. The Bertz CT molecular complexity index is 569. The summed E-state index contributed by atoms with van der Waals surface area (Å²) in [6.45, 7) is 4.73. The number of pyridine rings is 2. The highest BCUT2D eigenvalue weighted by molar-refractivity contribution is 5.46. The number of aromatic nitrogens is 2. The van der Waals surface area contributed by atoms with Crippen LogP contribution in [-0.2, 0) is 13.2 Å². The highest BCUT2D eigenvalue weighted by Gasteiger charge is 2.08. The molecular formula is C15H19N3O. The van der Waals surface area contributed by atoms with Gasteiger partial charge >= 0.3 is 0 Å². The summed E-state index contributed by atoms with van der Waals surface area (Å²) in [5.41, 5.74) is 3.94. The number of hydrogen-bond donors (Lipinski definition) is 1. The first-order valence-electron chi connectivity index (χ1n) is 6.30. The molecule has 0 amide bonds. The van der Waals surface area contributed by atoms with Crippen LogP contribution in [0.1, 0.15) is 22.5 Å². The molecule has 0 bridgehead atoms. The monoisotopic (exact) mass is 257 g/mol. The number of aliphatic hydroxyl groups excluding tert-OH is 1. The smallest absolute Gasteiger partial charge is 0.131 e. The topological polar surface area (TPSA) is 49.2 Å². The largest absolute Gasteiger partial charge is 0.392 e. The van der Waals surface area contributed by atoms with E-state index in [0.29, 0.717) is 6.54 Å². The lowest BCUT2D eigenvalue weighted by atomic mass is 10.2. The van der Waals surface area contributed by atoms with Gasteiger partial charge in [0.05, 0.1) is 18.8 Å². The number of hydrogen-bond acceptors (Lipinski definition) is 4. The molecular weight excluding hydrogens is 238 g/mol. The molecule has 0 spiro atoms. The van der Waals surface area contributed by atoms with Crippen LogP contribution in [0.3, 0.4) is 0 Å². The van der Waals surface area contributed by atoms with Crippen molar-refractivity contribution < 1.29 is 5.11 Å². The maximum Gasteiger partial charge on any atom is 0.131 e. The second-order valence-corrected chi connectivity index (χ2v) is 4.77. The van der Waals surface area contributed by atoms with E-state index in [4.69, 9.17) is 5.11 Å². The zero-order valence-corrected chi connectivity index (χ0v) is 11.6. The zero-order valence-electron chi connectivity index (χ0n) is 11.6. The van der Waals surface area contributed by atoms with Gasteiger partial charge in [0.1, 0.15) is 5.82 Å². The Morgan fingerprint density at radius 1 is 1.26 bits per heavy atom. The molecule has 2 heterocycles. The molecule has 0 unspecified atom stereocenters. The Morgan fingerprint density at radius 3 is 2.68 bits per heavy atom. The lowest BCUT2D eigenvalue weighted by Crippen LogP contribution is -2.19. The summed E-state index contributed by atoms with van der Waals surface area (Å²) in [5, 5.41) is 9.09. The molecule has 1 N–H and O–H groups in total. The molecule has 0 radical (unpaired) electrons. The van der Waals surface area contributed by atoms with Gasteiger partial charge in [0.2, 0.25) is 0 Å². The molecule has 4 heteroatoms. The van der Waals surface area contributed by atoms with E-state index < -0.39 is 0 Å². The summed E-state index contributed by atoms with van der Waals surface area (Å²) in [5.74, 6) is 0.917. The summed E-state index contributed by atoms with van der Waals surface area (Å²) in [4.78, 5) is 11.0. The molecule has 0 atom stereocenters. The predicted octanol–water partition coefficient (Wildman–Crippen LogP) is 2.22. The second kappa shape index (κ2) is 5.80. The SMILES string of the molecule is Cc1cccc(CN(C)c2ncc(CO)cc2C)n1. The van der Waals surface area contributed by atoms with Crippen LogP contribution in [-0.4, -0.2) is 22.1 Å². The maximum absolute atomic E-state index is 9.09. The summed E-state index contributed by atoms with van der Waals surface area (Å²) in [6.07, 6.45) is 1.71. The van der Waals surface area contributed by atoms with Gasteiger partial charge in [0.25, 0.3) is 0 Å². The predicted molar refractivity (Wildman–Crippen MR) is 76.0 cm³/mol. The van der Waals surface area contributed by atoms with E-state index in [1.54, 1.807) is 6.20 Å². The van der Waals surface area contributed by atoms with E-state index >= 15 is 0 Å². The van der Waals surface area contributed by atoms with Crippen LogP contribution in [0.4, 0.5) is 5.82 Å². The second-order valence-electron chi connectivity index (χ2n) is 4.77. The Hall–Kier alpha value is -1.94. The molecule has 100 valence electrons. The van der Waals surface area contributed by atoms with Gasteiger partial charge in [-0.2, -0.15) is 0 Å². The molecule has 0 aliphatic rings. The average Bonchev–Trinajstić information content (AvgIpc) is 2.38. The molecule has 4 nitrogen and oxygen atoms in total. The molecule has 0 saturated carbocycles. The first-order chi connectivity index (χ1) is 9.10. The van der Waals surface area contributed by atoms with Gasteiger partial charge < -0.3 is 10.0 Å². The van der Waals surface area contributed by atoms with E-state index in [0.717, 1.165) is 28.3 Å². The quantitative estimate of drug-likeness (QED) is 0.912. The van der Waals surface area contributed by atoms with Gasteiger partial charge in [0, 0.05) is 18.9 Å². The first kappa shape index (κ1) is 13.5. The average molecular weight is 257 g/mol. The number of nitrogens with zero attached hydrogens (tertiary/aromatic N) is 3. The van der Waals surface area contributed by atoms with Gasteiger partial charge in [-0.15, -0.1) is 0 Å². The summed E-state index contributed by atoms with van der Waals surface area (Å²) < 4.78 is 0. The highest BCUT2D eigenvalue weighted by Crippen LogP contribution is 2.18. The lowest BCUT2D eigenvalue weighted by Gasteiger charge is -2.20. The number of aliphatic hydroxyl groups is 1. The Labute approximate surface area is 113 Å². The molecule has 0 aromatic carbocycles. The standard InChI is InChI=1S/C15H19N3O/c1-11-7-13(10-19)8-16-15(11)18(3)9-14-6-4-5-12(2)17-14/h4-8,19H,9-10H2,1-3H3.